The van der Waals surface area contributed by atoms with Crippen molar-refractivity contribution in [1.82, 2.24) is 15.3 Å². The minimum atomic E-state index is -0.223. The van der Waals surface area contributed by atoms with Crippen LogP contribution in [0.1, 0.15) is 36.5 Å². The summed E-state index contributed by atoms with van der Waals surface area (Å²) in [5, 5.41) is 5.98. The summed E-state index contributed by atoms with van der Waals surface area (Å²) in [5.74, 6) is 2.10. The molecule has 0 saturated carbocycles. The van der Waals surface area contributed by atoms with Crippen molar-refractivity contribution in [3.8, 4) is 17.2 Å². The van der Waals surface area contributed by atoms with Gasteiger partial charge in [-0.2, -0.15) is 0 Å². The zero-order valence-electron chi connectivity index (χ0n) is 17.3. The van der Waals surface area contributed by atoms with Crippen molar-refractivity contribution < 1.29 is 19.0 Å². The van der Waals surface area contributed by atoms with Gasteiger partial charge in [0.2, 0.25) is 11.7 Å². The zero-order valence-corrected chi connectivity index (χ0v) is 17.3. The van der Waals surface area contributed by atoms with Gasteiger partial charge in [-0.15, -0.1) is 0 Å². The van der Waals surface area contributed by atoms with E-state index in [4.69, 9.17) is 14.2 Å². The van der Waals surface area contributed by atoms with E-state index in [9.17, 15) is 4.79 Å². The highest BCUT2D eigenvalue weighted by molar-refractivity contribution is 5.92. The first-order valence-electron chi connectivity index (χ1n) is 9.08. The monoisotopic (exact) mass is 388 g/mol. The molecule has 0 spiro atoms. The molecule has 0 unspecified atom stereocenters. The number of carbonyl (C=O) groups is 1. The predicted octanol–water partition coefficient (Wildman–Crippen LogP) is 3.33. The number of nitrogens with one attached hydrogen (secondary N) is 2. The van der Waals surface area contributed by atoms with Crippen molar-refractivity contribution in [2.75, 3.05) is 33.2 Å². The number of amides is 1. The molecule has 1 aromatic carbocycles. The van der Waals surface area contributed by atoms with E-state index in [0.717, 1.165) is 6.42 Å². The summed E-state index contributed by atoms with van der Waals surface area (Å²) in [6.45, 7) is 6.64. The number of ether oxygens (including phenoxy) is 3. The van der Waals surface area contributed by atoms with Gasteiger partial charge in [-0.05, 0) is 25.3 Å². The van der Waals surface area contributed by atoms with Gasteiger partial charge in [0.05, 0.1) is 21.3 Å². The Bertz CT molecular complexity index is 799. The third-order valence-corrected chi connectivity index (χ3v) is 4.01. The molecule has 28 heavy (non-hydrogen) atoms. The second-order valence-electron chi connectivity index (χ2n) is 6.70. The van der Waals surface area contributed by atoms with Gasteiger partial charge in [-0.25, -0.2) is 9.97 Å². The molecule has 2 aromatic rings. The van der Waals surface area contributed by atoms with Gasteiger partial charge in [-0.1, -0.05) is 13.8 Å². The van der Waals surface area contributed by atoms with Crippen molar-refractivity contribution in [2.24, 2.45) is 5.92 Å². The molecule has 8 heteroatoms. The van der Waals surface area contributed by atoms with Crippen LogP contribution in [0.4, 0.5) is 11.6 Å². The number of hydrogen-bond acceptors (Lipinski definition) is 7. The van der Waals surface area contributed by atoms with E-state index in [1.165, 1.54) is 0 Å². The van der Waals surface area contributed by atoms with E-state index in [0.29, 0.717) is 52.7 Å². The minimum Gasteiger partial charge on any atom is -0.493 e. The number of carbonyl (C=O) groups excluding carboxylic acids is 1. The maximum absolute atomic E-state index is 12.4. The fraction of sp³-hybridized carbons (Fsp3) is 0.450. The molecule has 0 aliphatic carbocycles. The standard InChI is InChI=1S/C20H28N4O4/c1-12(2)7-8-21-19(25)15-9-13(3)22-20(24-15)23-14-10-16(26-4)18(28-6)17(11-14)27-5/h9-12H,7-8H2,1-6H3,(H,21,25)(H,22,23,24). The van der Waals surface area contributed by atoms with Crippen LogP contribution in [0.5, 0.6) is 17.2 Å². The zero-order chi connectivity index (χ0) is 20.7. The highest BCUT2D eigenvalue weighted by Gasteiger charge is 2.15. The summed E-state index contributed by atoms with van der Waals surface area (Å²) in [7, 11) is 4.63. The maximum atomic E-state index is 12.4. The first-order chi connectivity index (χ1) is 13.4. The molecule has 1 aromatic heterocycles. The van der Waals surface area contributed by atoms with Crippen LogP contribution in [0, 0.1) is 12.8 Å². The smallest absolute Gasteiger partial charge is 0.270 e. The van der Waals surface area contributed by atoms with Crippen LogP contribution in [-0.2, 0) is 0 Å². The molecular weight excluding hydrogens is 360 g/mol. The van der Waals surface area contributed by atoms with Gasteiger partial charge < -0.3 is 24.8 Å². The topological polar surface area (TPSA) is 94.6 Å². The molecule has 0 aliphatic heterocycles. The molecule has 0 saturated heterocycles. The van der Waals surface area contributed by atoms with Crippen LogP contribution in [0.25, 0.3) is 0 Å². The van der Waals surface area contributed by atoms with Gasteiger partial charge in [-0.3, -0.25) is 4.79 Å². The molecule has 2 rings (SSSR count). The fourth-order valence-electron chi connectivity index (χ4n) is 2.59. The normalized spacial score (nSPS) is 10.5. The number of hydrogen-bond donors (Lipinski definition) is 2. The van der Waals surface area contributed by atoms with Gasteiger partial charge in [0, 0.05) is 30.1 Å². The predicted molar refractivity (Wildman–Crippen MR) is 108 cm³/mol. The SMILES string of the molecule is COc1cc(Nc2nc(C)cc(C(=O)NCCC(C)C)n2)cc(OC)c1OC. The number of anilines is 2. The van der Waals surface area contributed by atoms with Crippen LogP contribution < -0.4 is 24.8 Å². The number of aryl methyl sites for hydroxylation is 1. The first-order valence-corrected chi connectivity index (χ1v) is 9.08. The van der Waals surface area contributed by atoms with E-state index in [2.05, 4.69) is 34.4 Å². The number of nitrogens with zero attached hydrogens (tertiary/aromatic N) is 2. The van der Waals surface area contributed by atoms with Crippen molar-refractivity contribution in [3.63, 3.8) is 0 Å². The van der Waals surface area contributed by atoms with Crippen molar-refractivity contribution >= 4 is 17.5 Å². The average molecular weight is 388 g/mol. The number of methoxy groups -OCH3 is 3. The van der Waals surface area contributed by atoms with E-state index in [1.807, 2.05) is 6.92 Å². The Kier molecular flexibility index (Phi) is 7.43. The molecule has 152 valence electrons. The second kappa shape index (κ2) is 9.77. The lowest BCUT2D eigenvalue weighted by atomic mass is 10.1. The summed E-state index contributed by atoms with van der Waals surface area (Å²) < 4.78 is 16.0. The van der Waals surface area contributed by atoms with Gasteiger partial charge in [0.25, 0.3) is 5.91 Å². The lowest BCUT2D eigenvalue weighted by molar-refractivity contribution is 0.0947. The molecule has 1 heterocycles. The van der Waals surface area contributed by atoms with Crippen LogP contribution >= 0.6 is 0 Å². The number of benzene rings is 1. The van der Waals surface area contributed by atoms with Crippen molar-refractivity contribution in [1.29, 1.82) is 0 Å². The molecule has 0 radical (unpaired) electrons. The van der Waals surface area contributed by atoms with E-state index >= 15 is 0 Å². The molecule has 0 fully saturated rings. The summed E-state index contributed by atoms with van der Waals surface area (Å²) in [6.07, 6.45) is 0.909. The Labute approximate surface area is 165 Å². The van der Waals surface area contributed by atoms with Gasteiger partial charge >= 0.3 is 0 Å². The van der Waals surface area contributed by atoms with Crippen molar-refractivity contribution in [2.45, 2.75) is 27.2 Å². The van der Waals surface area contributed by atoms with Gasteiger partial charge in [0.1, 0.15) is 5.69 Å². The molecule has 8 nitrogen and oxygen atoms in total. The Morgan fingerprint density at radius 3 is 2.21 bits per heavy atom. The first kappa shape index (κ1) is 21.3. The van der Waals surface area contributed by atoms with Gasteiger partial charge in [0.15, 0.2) is 11.5 Å². The van der Waals surface area contributed by atoms with E-state index in [-0.39, 0.29) is 5.91 Å². The number of rotatable bonds is 9. The van der Waals surface area contributed by atoms with Crippen LogP contribution in [0.15, 0.2) is 18.2 Å². The van der Waals surface area contributed by atoms with Crippen LogP contribution in [0.2, 0.25) is 0 Å². The molecular formula is C20H28N4O4. The third-order valence-electron chi connectivity index (χ3n) is 4.01. The third kappa shape index (κ3) is 5.48. The Morgan fingerprint density at radius 2 is 1.68 bits per heavy atom. The summed E-state index contributed by atoms with van der Waals surface area (Å²) in [6, 6.07) is 5.15. The largest absolute Gasteiger partial charge is 0.493 e. The average Bonchev–Trinajstić information content (AvgIpc) is 2.66. The second-order valence-corrected chi connectivity index (χ2v) is 6.70. The Balaban J connectivity index is 2.25. The van der Waals surface area contributed by atoms with E-state index in [1.54, 1.807) is 39.5 Å². The van der Waals surface area contributed by atoms with Crippen LogP contribution in [-0.4, -0.2) is 43.7 Å². The molecule has 2 N–H and O–H groups in total. The molecule has 0 aliphatic rings. The minimum absolute atomic E-state index is 0.223. The Morgan fingerprint density at radius 1 is 1.04 bits per heavy atom. The quantitative estimate of drug-likeness (QED) is 0.680. The molecule has 1 amide bonds. The fourth-order valence-corrected chi connectivity index (χ4v) is 2.59. The molecule has 0 bridgehead atoms. The highest BCUT2D eigenvalue weighted by atomic mass is 16.5. The van der Waals surface area contributed by atoms with Crippen molar-refractivity contribution in [3.05, 3.63) is 29.6 Å². The lowest BCUT2D eigenvalue weighted by Gasteiger charge is -2.15. The van der Waals surface area contributed by atoms with Crippen LogP contribution in [0.3, 0.4) is 0 Å². The summed E-state index contributed by atoms with van der Waals surface area (Å²) in [5.41, 5.74) is 1.64. The Hall–Kier alpha value is -3.03. The van der Waals surface area contributed by atoms with E-state index < -0.39 is 0 Å². The highest BCUT2D eigenvalue weighted by Crippen LogP contribution is 2.40. The summed E-state index contributed by atoms with van der Waals surface area (Å²) in [4.78, 5) is 21.1. The maximum Gasteiger partial charge on any atom is 0.270 e. The number of aromatic nitrogens is 2. The lowest BCUT2D eigenvalue weighted by Crippen LogP contribution is -2.26. The molecule has 0 atom stereocenters. The summed E-state index contributed by atoms with van der Waals surface area (Å²) >= 11 is 0.